The van der Waals surface area contributed by atoms with Gasteiger partial charge >= 0.3 is 5.97 Å². The van der Waals surface area contributed by atoms with E-state index in [1.165, 1.54) is 13.0 Å². The summed E-state index contributed by atoms with van der Waals surface area (Å²) in [7, 11) is 0. The number of allylic oxidation sites excluding steroid dienone is 2. The highest BCUT2D eigenvalue weighted by Crippen LogP contribution is 2.36. The molecule has 0 radical (unpaired) electrons. The Morgan fingerprint density at radius 2 is 2.44 bits per heavy atom. The average molecular weight is 256 g/mol. The quantitative estimate of drug-likeness (QED) is 0.560. The Labute approximate surface area is 115 Å². The third-order valence-corrected chi connectivity index (χ3v) is 3.64. The molecule has 1 saturated carbocycles. The highest BCUT2D eigenvalue weighted by atomic mass is 16.5. The Morgan fingerprint density at radius 1 is 1.72 bits per heavy atom. The fraction of sp³-hybridized carbons (Fsp3) is 0.733. The molecule has 1 fully saturated rings. The van der Waals surface area contributed by atoms with Crippen LogP contribution in [0, 0.1) is 17.8 Å². The van der Waals surface area contributed by atoms with Gasteiger partial charge in [0.1, 0.15) is 11.9 Å². The van der Waals surface area contributed by atoms with Crippen LogP contribution in [0.3, 0.4) is 0 Å². The van der Waals surface area contributed by atoms with Crippen LogP contribution in [0.15, 0.2) is 12.1 Å². The molecule has 0 aromatic carbocycles. The molecule has 0 N–H and O–H groups in total. The lowest BCUT2D eigenvalue weighted by molar-refractivity contribution is -0.154. The summed E-state index contributed by atoms with van der Waals surface area (Å²) < 4.78 is 34.4. The lowest BCUT2D eigenvalue weighted by Crippen LogP contribution is -2.37. The van der Waals surface area contributed by atoms with Crippen LogP contribution in [0.5, 0.6) is 0 Å². The average Bonchev–Trinajstić information content (AvgIpc) is 2.71. The van der Waals surface area contributed by atoms with Gasteiger partial charge < -0.3 is 4.74 Å². The number of Topliss-reactive ketones (excluding diaryl/α,β-unsaturated/α-hetero) is 1. The van der Waals surface area contributed by atoms with Crippen molar-refractivity contribution in [3.05, 3.63) is 12.1 Å². The zero-order valence-corrected chi connectivity index (χ0v) is 11.2. The van der Waals surface area contributed by atoms with Crippen LogP contribution in [0.25, 0.3) is 0 Å². The summed E-state index contributed by atoms with van der Waals surface area (Å²) in [6.45, 7) is 2.65. The second kappa shape index (κ2) is 6.72. The third kappa shape index (κ3) is 3.69. The largest absolute Gasteiger partial charge is 0.461 e. The number of hydrogen-bond acceptors (Lipinski definition) is 3. The topological polar surface area (TPSA) is 43.4 Å². The summed E-state index contributed by atoms with van der Waals surface area (Å²) in [5.41, 5.74) is 0. The van der Waals surface area contributed by atoms with Gasteiger partial charge in [-0.15, -0.1) is 0 Å². The van der Waals surface area contributed by atoms with Crippen molar-refractivity contribution in [1.82, 2.24) is 0 Å². The van der Waals surface area contributed by atoms with E-state index in [2.05, 4.69) is 0 Å². The Kier molecular flexibility index (Phi) is 3.64. The summed E-state index contributed by atoms with van der Waals surface area (Å²) in [5, 5.41) is 0. The van der Waals surface area contributed by atoms with Crippen LogP contribution in [-0.2, 0) is 14.3 Å². The first-order valence-corrected chi connectivity index (χ1v) is 6.41. The van der Waals surface area contributed by atoms with Gasteiger partial charge in [0.15, 0.2) is 0 Å². The van der Waals surface area contributed by atoms with E-state index in [1.54, 1.807) is 0 Å². The Bertz CT molecular complexity index is 456. The normalized spacial score (nSPS) is 31.9. The second-order valence-corrected chi connectivity index (χ2v) is 5.14. The Morgan fingerprint density at radius 3 is 2.94 bits per heavy atom. The van der Waals surface area contributed by atoms with E-state index >= 15 is 0 Å². The van der Waals surface area contributed by atoms with Gasteiger partial charge in [0, 0.05) is 17.5 Å². The summed E-state index contributed by atoms with van der Waals surface area (Å²) in [6.07, 6.45) is 2.32. The maximum Gasteiger partial charge on any atom is 0.302 e. The molecule has 1 rings (SSSR count). The number of carbonyl (C=O) groups is 2. The number of carbonyl (C=O) groups excluding carboxylic acids is 2. The van der Waals surface area contributed by atoms with Crippen molar-refractivity contribution in [3.63, 3.8) is 0 Å². The maximum absolute atomic E-state index is 12.1. The second-order valence-electron chi connectivity index (χ2n) is 5.14. The van der Waals surface area contributed by atoms with Crippen molar-refractivity contribution in [2.75, 3.05) is 0 Å². The molecular weight excluding hydrogens is 228 g/mol. The minimum Gasteiger partial charge on any atom is -0.461 e. The van der Waals surface area contributed by atoms with Crippen LogP contribution >= 0.6 is 0 Å². The summed E-state index contributed by atoms with van der Waals surface area (Å²) in [5.74, 6) is -0.775. The van der Waals surface area contributed by atoms with Crippen molar-refractivity contribution < 1.29 is 19.8 Å². The van der Waals surface area contributed by atoms with Crippen molar-refractivity contribution >= 4 is 11.8 Å². The van der Waals surface area contributed by atoms with E-state index in [9.17, 15) is 9.59 Å². The molecular formula is C15H24O3. The van der Waals surface area contributed by atoms with Gasteiger partial charge in [-0.2, -0.15) is 0 Å². The highest BCUT2D eigenvalue weighted by molar-refractivity contribution is 5.84. The molecule has 0 aromatic heterocycles. The van der Waals surface area contributed by atoms with Crippen LogP contribution in [-0.4, -0.2) is 17.9 Å². The lowest BCUT2D eigenvalue weighted by Gasteiger charge is -2.30. The van der Waals surface area contributed by atoms with Crippen molar-refractivity contribution in [2.45, 2.75) is 53.0 Å². The molecule has 4 atom stereocenters. The molecule has 18 heavy (non-hydrogen) atoms. The standard InChI is InChI=1S/C15H24O3/c1-5-6-7-11(3)15(18-12(4)16)14-10(2)8-9-13(14)17/h5-6,10-11,14-15H,7-9H2,1-4H3/b6-5+/t10?,11-,14-,15-/m1/s1/i1D3,5D. The van der Waals surface area contributed by atoms with Gasteiger partial charge in [0.25, 0.3) is 0 Å². The molecule has 0 spiro atoms. The van der Waals surface area contributed by atoms with Gasteiger partial charge in [0.05, 0.1) is 7.29 Å². The van der Waals surface area contributed by atoms with Gasteiger partial charge in [-0.3, -0.25) is 9.59 Å². The molecule has 0 bridgehead atoms. The predicted octanol–water partition coefficient (Wildman–Crippen LogP) is 3.14. The van der Waals surface area contributed by atoms with Gasteiger partial charge in [-0.1, -0.05) is 26.0 Å². The molecule has 0 aliphatic heterocycles. The lowest BCUT2D eigenvalue weighted by atomic mass is 9.83. The zero-order valence-electron chi connectivity index (χ0n) is 15.2. The van der Waals surface area contributed by atoms with E-state index < -0.39 is 25.0 Å². The van der Waals surface area contributed by atoms with Crippen LogP contribution in [0.1, 0.15) is 52.4 Å². The van der Waals surface area contributed by atoms with E-state index in [4.69, 9.17) is 10.2 Å². The van der Waals surface area contributed by atoms with Gasteiger partial charge in [0.2, 0.25) is 0 Å². The minimum absolute atomic E-state index is 0.0940. The Balaban J connectivity index is 2.88. The minimum atomic E-state index is -2.44. The molecule has 0 heterocycles. The Hall–Kier alpha value is -1.12. The number of hydrogen-bond donors (Lipinski definition) is 0. The van der Waals surface area contributed by atoms with Gasteiger partial charge in [-0.05, 0) is 31.5 Å². The zero-order chi connectivity index (χ0) is 17.1. The SMILES string of the molecule is [2H]/C(=C\C[C@@H](C)[C@@H](OC(C)=O)[C@H]1C(=O)CCC1C)C([2H])([2H])[2H]. The fourth-order valence-corrected chi connectivity index (χ4v) is 2.65. The number of rotatable bonds is 5. The first-order chi connectivity index (χ1) is 10.0. The van der Waals surface area contributed by atoms with Gasteiger partial charge in [-0.25, -0.2) is 0 Å². The first kappa shape index (κ1) is 9.76. The first-order valence-electron chi connectivity index (χ1n) is 8.41. The monoisotopic (exact) mass is 256 g/mol. The third-order valence-electron chi connectivity index (χ3n) is 3.64. The molecule has 1 unspecified atom stereocenters. The molecule has 3 heteroatoms. The van der Waals surface area contributed by atoms with Crippen LogP contribution < -0.4 is 0 Å². The smallest absolute Gasteiger partial charge is 0.302 e. The van der Waals surface area contributed by atoms with E-state index in [-0.39, 0.29) is 30.0 Å². The van der Waals surface area contributed by atoms with Crippen molar-refractivity contribution in [1.29, 1.82) is 0 Å². The maximum atomic E-state index is 12.1. The molecule has 1 aliphatic carbocycles. The predicted molar refractivity (Wildman–Crippen MR) is 71.0 cm³/mol. The van der Waals surface area contributed by atoms with E-state index in [0.29, 0.717) is 6.42 Å². The van der Waals surface area contributed by atoms with Crippen LogP contribution in [0.4, 0.5) is 0 Å². The van der Waals surface area contributed by atoms with E-state index in [0.717, 1.165) is 6.42 Å². The van der Waals surface area contributed by atoms with E-state index in [1.807, 2.05) is 13.8 Å². The number of ketones is 1. The molecule has 0 saturated heterocycles. The highest BCUT2D eigenvalue weighted by Gasteiger charge is 2.41. The number of ether oxygens (including phenoxy) is 1. The molecule has 1 aliphatic rings. The molecule has 0 amide bonds. The van der Waals surface area contributed by atoms with Crippen molar-refractivity contribution in [3.8, 4) is 0 Å². The summed E-state index contributed by atoms with van der Waals surface area (Å²) >= 11 is 0. The molecule has 0 aromatic rings. The van der Waals surface area contributed by atoms with Crippen molar-refractivity contribution in [2.24, 2.45) is 17.8 Å². The molecule has 102 valence electrons. The van der Waals surface area contributed by atoms with Crippen LogP contribution in [0.2, 0.25) is 0 Å². The molecule has 3 nitrogen and oxygen atoms in total. The number of esters is 1. The summed E-state index contributed by atoms with van der Waals surface area (Å²) in [4.78, 5) is 23.4. The summed E-state index contributed by atoms with van der Waals surface area (Å²) in [6, 6.07) is -0.424. The fourth-order valence-electron chi connectivity index (χ4n) is 2.65.